The molecule has 0 saturated carbocycles. The first-order chi connectivity index (χ1) is 14.3. The summed E-state index contributed by atoms with van der Waals surface area (Å²) < 4.78 is 29.1. The number of rotatable bonds is 5. The highest BCUT2D eigenvalue weighted by Gasteiger charge is 2.29. The normalized spacial score (nSPS) is 16.7. The van der Waals surface area contributed by atoms with Crippen LogP contribution in [-0.4, -0.2) is 61.2 Å². The van der Waals surface area contributed by atoms with E-state index in [2.05, 4.69) is 15.3 Å². The van der Waals surface area contributed by atoms with Gasteiger partial charge in [0, 0.05) is 37.1 Å². The second-order valence-corrected chi connectivity index (χ2v) is 9.04. The van der Waals surface area contributed by atoms with Crippen molar-refractivity contribution in [2.75, 3.05) is 31.3 Å². The zero-order chi connectivity index (χ0) is 21.7. The number of carbonyl (C=O) groups is 2. The van der Waals surface area contributed by atoms with E-state index >= 15 is 0 Å². The zero-order valence-electron chi connectivity index (χ0n) is 16.9. The van der Waals surface area contributed by atoms with Crippen molar-refractivity contribution in [3.05, 3.63) is 48.0 Å². The minimum absolute atomic E-state index is 0.104. The van der Waals surface area contributed by atoms with Gasteiger partial charge in [-0.05, 0) is 44.0 Å². The summed E-state index contributed by atoms with van der Waals surface area (Å²) >= 11 is 0. The summed E-state index contributed by atoms with van der Waals surface area (Å²) in [4.78, 5) is 34.2. The van der Waals surface area contributed by atoms with Gasteiger partial charge in [-0.2, -0.15) is 0 Å². The number of benzene rings is 1. The number of hydrogen-bond acceptors (Lipinski definition) is 7. The van der Waals surface area contributed by atoms with Gasteiger partial charge < -0.3 is 15.0 Å². The predicted octanol–water partition coefficient (Wildman–Crippen LogP) is 2.47. The third kappa shape index (κ3) is 5.12. The van der Waals surface area contributed by atoms with Gasteiger partial charge in [0.2, 0.25) is 0 Å². The van der Waals surface area contributed by atoms with Crippen LogP contribution in [0.1, 0.15) is 41.7 Å². The number of sulfone groups is 1. The first-order valence-corrected chi connectivity index (χ1v) is 11.5. The summed E-state index contributed by atoms with van der Waals surface area (Å²) in [5.41, 5.74) is 1.41. The van der Waals surface area contributed by atoms with Gasteiger partial charge in [-0.15, -0.1) is 0 Å². The van der Waals surface area contributed by atoms with Crippen molar-refractivity contribution in [1.82, 2.24) is 14.9 Å². The Bertz CT molecular complexity index is 1020. The monoisotopic (exact) mass is 432 g/mol. The molecule has 1 N–H and O–H groups in total. The van der Waals surface area contributed by atoms with Crippen LogP contribution in [0.4, 0.5) is 10.5 Å². The highest BCUT2D eigenvalue weighted by molar-refractivity contribution is 7.90. The van der Waals surface area contributed by atoms with E-state index in [9.17, 15) is 18.0 Å². The SMILES string of the molecule is CCOC(=O)c1ccc(NC(=O)N2CCC[C@H](c3ncncc3S(C)(=O)=O)C2)cc1. The number of urea groups is 1. The van der Waals surface area contributed by atoms with Crippen molar-refractivity contribution < 1.29 is 22.7 Å². The number of aromatic nitrogens is 2. The number of nitrogens with zero attached hydrogens (tertiary/aromatic N) is 3. The summed E-state index contributed by atoms with van der Waals surface area (Å²) in [6, 6.07) is 6.16. The minimum Gasteiger partial charge on any atom is -0.462 e. The molecule has 0 unspecified atom stereocenters. The van der Waals surface area contributed by atoms with Crippen molar-refractivity contribution in [3.8, 4) is 0 Å². The number of nitrogens with one attached hydrogen (secondary N) is 1. The molecule has 1 atom stereocenters. The molecule has 1 fully saturated rings. The van der Waals surface area contributed by atoms with Gasteiger partial charge in [0.25, 0.3) is 0 Å². The lowest BCUT2D eigenvalue weighted by molar-refractivity contribution is 0.0526. The molecule has 0 radical (unpaired) electrons. The number of ether oxygens (including phenoxy) is 1. The first kappa shape index (κ1) is 21.7. The quantitative estimate of drug-likeness (QED) is 0.721. The van der Waals surface area contributed by atoms with Crippen LogP contribution in [0.15, 0.2) is 41.7 Å². The van der Waals surface area contributed by atoms with Gasteiger partial charge in [0.05, 0.1) is 17.9 Å². The Labute approximate surface area is 175 Å². The fourth-order valence-electron chi connectivity index (χ4n) is 3.41. The van der Waals surface area contributed by atoms with Crippen LogP contribution < -0.4 is 5.32 Å². The summed E-state index contributed by atoms with van der Waals surface area (Å²) in [6.45, 7) is 2.94. The van der Waals surface area contributed by atoms with Crippen LogP contribution in [0.5, 0.6) is 0 Å². The molecule has 9 nitrogen and oxygen atoms in total. The van der Waals surface area contributed by atoms with Crippen molar-refractivity contribution >= 4 is 27.5 Å². The Morgan fingerprint density at radius 1 is 1.27 bits per heavy atom. The molecule has 1 aliphatic rings. The molecule has 2 aromatic rings. The molecule has 0 bridgehead atoms. The van der Waals surface area contributed by atoms with E-state index < -0.39 is 15.8 Å². The van der Waals surface area contributed by atoms with Crippen molar-refractivity contribution in [2.24, 2.45) is 0 Å². The molecular formula is C20H24N4O5S. The third-order valence-corrected chi connectivity index (χ3v) is 5.96. The Kier molecular flexibility index (Phi) is 6.66. The second kappa shape index (κ2) is 9.21. The molecule has 2 amide bonds. The van der Waals surface area contributed by atoms with E-state index in [0.29, 0.717) is 36.6 Å². The zero-order valence-corrected chi connectivity index (χ0v) is 17.7. The molecule has 0 spiro atoms. The van der Waals surface area contributed by atoms with Crippen LogP contribution in [-0.2, 0) is 14.6 Å². The summed E-state index contributed by atoms with van der Waals surface area (Å²) in [5.74, 6) is -0.607. The van der Waals surface area contributed by atoms with Crippen LogP contribution >= 0.6 is 0 Å². The van der Waals surface area contributed by atoms with Gasteiger partial charge >= 0.3 is 12.0 Å². The average molecular weight is 433 g/mol. The maximum atomic E-state index is 12.7. The Hall–Kier alpha value is -3.01. The molecule has 160 valence electrons. The Morgan fingerprint density at radius 2 is 2.00 bits per heavy atom. The molecule has 30 heavy (non-hydrogen) atoms. The minimum atomic E-state index is -3.47. The number of hydrogen-bond donors (Lipinski definition) is 1. The number of anilines is 1. The molecule has 2 heterocycles. The number of esters is 1. The Balaban J connectivity index is 1.69. The van der Waals surface area contributed by atoms with Crippen molar-refractivity contribution in [1.29, 1.82) is 0 Å². The molecule has 1 aliphatic heterocycles. The van der Waals surface area contributed by atoms with Gasteiger partial charge in [-0.3, -0.25) is 0 Å². The third-order valence-electron chi connectivity index (χ3n) is 4.85. The molecule has 1 aromatic heterocycles. The van der Waals surface area contributed by atoms with E-state index in [1.165, 1.54) is 12.5 Å². The first-order valence-electron chi connectivity index (χ1n) is 9.62. The lowest BCUT2D eigenvalue weighted by atomic mass is 9.94. The maximum absolute atomic E-state index is 12.7. The molecule has 0 aliphatic carbocycles. The molecular weight excluding hydrogens is 408 g/mol. The van der Waals surface area contributed by atoms with E-state index in [-0.39, 0.29) is 16.8 Å². The van der Waals surface area contributed by atoms with E-state index in [1.54, 1.807) is 36.1 Å². The molecule has 3 rings (SSSR count). The number of likely N-dealkylation sites (tertiary alicyclic amines) is 1. The standard InChI is InChI=1S/C20H24N4O5S/c1-3-29-19(25)14-6-8-16(9-7-14)23-20(26)24-10-4-5-15(12-24)18-17(30(2,27)28)11-21-13-22-18/h6-9,11,13,15H,3-5,10,12H2,1-2H3,(H,23,26)/t15-/m0/s1. The summed E-state index contributed by atoms with van der Waals surface area (Å²) in [7, 11) is -3.47. The molecule has 10 heteroatoms. The summed E-state index contributed by atoms with van der Waals surface area (Å²) in [5, 5.41) is 2.81. The van der Waals surface area contributed by atoms with Crippen LogP contribution in [0, 0.1) is 0 Å². The highest BCUT2D eigenvalue weighted by atomic mass is 32.2. The smallest absolute Gasteiger partial charge is 0.338 e. The van der Waals surface area contributed by atoms with Gasteiger partial charge in [-0.25, -0.2) is 28.0 Å². The second-order valence-electron chi connectivity index (χ2n) is 7.06. The Morgan fingerprint density at radius 3 is 2.67 bits per heavy atom. The largest absolute Gasteiger partial charge is 0.462 e. The van der Waals surface area contributed by atoms with Gasteiger partial charge in [0.1, 0.15) is 11.2 Å². The predicted molar refractivity (Wildman–Crippen MR) is 110 cm³/mol. The molecule has 1 saturated heterocycles. The lowest BCUT2D eigenvalue weighted by Gasteiger charge is -2.33. The van der Waals surface area contributed by atoms with E-state index in [1.807, 2.05) is 0 Å². The van der Waals surface area contributed by atoms with Crippen LogP contribution in [0.25, 0.3) is 0 Å². The number of carbonyl (C=O) groups excluding carboxylic acids is 2. The van der Waals surface area contributed by atoms with E-state index in [0.717, 1.165) is 19.1 Å². The van der Waals surface area contributed by atoms with Gasteiger partial charge in [-0.1, -0.05) is 0 Å². The number of piperidine rings is 1. The lowest BCUT2D eigenvalue weighted by Crippen LogP contribution is -2.42. The van der Waals surface area contributed by atoms with Crippen LogP contribution in [0.3, 0.4) is 0 Å². The van der Waals surface area contributed by atoms with Crippen molar-refractivity contribution in [2.45, 2.75) is 30.6 Å². The van der Waals surface area contributed by atoms with E-state index in [4.69, 9.17) is 4.74 Å². The van der Waals surface area contributed by atoms with Gasteiger partial charge in [0.15, 0.2) is 9.84 Å². The average Bonchev–Trinajstić information content (AvgIpc) is 2.74. The number of amides is 2. The highest BCUT2D eigenvalue weighted by Crippen LogP contribution is 2.29. The van der Waals surface area contributed by atoms with Crippen LogP contribution in [0.2, 0.25) is 0 Å². The fourth-order valence-corrected chi connectivity index (χ4v) is 4.26. The molecule has 1 aromatic carbocycles. The maximum Gasteiger partial charge on any atom is 0.338 e. The summed E-state index contributed by atoms with van der Waals surface area (Å²) in [6.07, 6.45) is 5.23. The fraction of sp³-hybridized carbons (Fsp3) is 0.400. The van der Waals surface area contributed by atoms with Crippen molar-refractivity contribution in [3.63, 3.8) is 0 Å². The topological polar surface area (TPSA) is 119 Å².